The summed E-state index contributed by atoms with van der Waals surface area (Å²) in [6.07, 6.45) is 3.37. The highest BCUT2D eigenvalue weighted by molar-refractivity contribution is 6.03. The number of amides is 1. The zero-order valence-electron chi connectivity index (χ0n) is 16.9. The fourth-order valence-corrected chi connectivity index (χ4v) is 3.57. The summed E-state index contributed by atoms with van der Waals surface area (Å²) < 4.78 is 0. The van der Waals surface area contributed by atoms with Crippen molar-refractivity contribution < 1.29 is 4.79 Å². The standard InChI is InChI=1S/C24H26N4O/c1-18-16-23(28-14-12-27(2)13-15-28)26-22-10-9-20(17-21(18)22)25-24(29)11-8-19-6-4-3-5-7-19/h3-11,16-17H,12-15H2,1-2H3,(H,25,29)/b11-8+. The summed E-state index contributed by atoms with van der Waals surface area (Å²) in [4.78, 5) is 21.8. The lowest BCUT2D eigenvalue weighted by Gasteiger charge is -2.33. The van der Waals surface area contributed by atoms with Crippen LogP contribution in [0, 0.1) is 6.92 Å². The molecule has 29 heavy (non-hydrogen) atoms. The van der Waals surface area contributed by atoms with Gasteiger partial charge in [0.25, 0.3) is 0 Å². The van der Waals surface area contributed by atoms with Gasteiger partial charge in [-0.25, -0.2) is 4.98 Å². The average molecular weight is 386 g/mol. The van der Waals surface area contributed by atoms with E-state index in [1.165, 1.54) is 5.56 Å². The Balaban J connectivity index is 1.50. The van der Waals surface area contributed by atoms with Gasteiger partial charge in [-0.05, 0) is 55.4 Å². The molecule has 1 N–H and O–H groups in total. The first-order valence-electron chi connectivity index (χ1n) is 9.97. The van der Waals surface area contributed by atoms with E-state index in [1.807, 2.05) is 54.6 Å². The van der Waals surface area contributed by atoms with Crippen molar-refractivity contribution in [3.63, 3.8) is 0 Å². The number of likely N-dealkylation sites (N-methyl/N-ethyl adjacent to an activating group) is 1. The molecule has 3 aromatic rings. The number of pyridine rings is 1. The molecule has 1 aliphatic rings. The maximum absolute atomic E-state index is 12.3. The summed E-state index contributed by atoms with van der Waals surface area (Å²) in [6, 6.07) is 17.8. The third kappa shape index (κ3) is 4.63. The molecule has 5 nitrogen and oxygen atoms in total. The number of carbonyl (C=O) groups is 1. The van der Waals surface area contributed by atoms with Gasteiger partial charge in [0, 0.05) is 43.3 Å². The molecule has 1 aromatic heterocycles. The number of piperazine rings is 1. The summed E-state index contributed by atoms with van der Waals surface area (Å²) in [5, 5.41) is 4.01. The van der Waals surface area contributed by atoms with E-state index in [1.54, 1.807) is 6.08 Å². The van der Waals surface area contributed by atoms with Gasteiger partial charge in [0.2, 0.25) is 5.91 Å². The molecule has 148 valence electrons. The third-order valence-electron chi connectivity index (χ3n) is 5.32. The minimum atomic E-state index is -0.145. The first-order valence-corrected chi connectivity index (χ1v) is 9.97. The van der Waals surface area contributed by atoms with Crippen molar-refractivity contribution in [2.45, 2.75) is 6.92 Å². The van der Waals surface area contributed by atoms with Gasteiger partial charge < -0.3 is 15.1 Å². The normalized spacial score (nSPS) is 15.2. The van der Waals surface area contributed by atoms with Crippen molar-refractivity contribution in [1.29, 1.82) is 0 Å². The van der Waals surface area contributed by atoms with E-state index < -0.39 is 0 Å². The molecule has 0 radical (unpaired) electrons. The predicted octanol–water partition coefficient (Wildman–Crippen LogP) is 3.95. The van der Waals surface area contributed by atoms with Crippen LogP contribution in [-0.2, 0) is 4.79 Å². The lowest BCUT2D eigenvalue weighted by Crippen LogP contribution is -2.44. The average Bonchev–Trinajstić information content (AvgIpc) is 2.74. The summed E-state index contributed by atoms with van der Waals surface area (Å²) in [7, 11) is 2.15. The summed E-state index contributed by atoms with van der Waals surface area (Å²) in [5.41, 5.74) is 3.90. The lowest BCUT2D eigenvalue weighted by molar-refractivity contribution is -0.111. The van der Waals surface area contributed by atoms with Gasteiger partial charge in [0.05, 0.1) is 5.52 Å². The number of anilines is 2. The Labute approximate surface area is 171 Å². The van der Waals surface area contributed by atoms with Crippen LogP contribution in [-0.4, -0.2) is 49.0 Å². The first-order chi connectivity index (χ1) is 14.1. The monoisotopic (exact) mass is 386 g/mol. The Hall–Kier alpha value is -3.18. The first kappa shape index (κ1) is 19.2. The molecule has 5 heteroatoms. The minimum absolute atomic E-state index is 0.145. The van der Waals surface area contributed by atoms with E-state index in [0.717, 1.165) is 54.2 Å². The summed E-state index contributed by atoms with van der Waals surface area (Å²) >= 11 is 0. The topological polar surface area (TPSA) is 48.5 Å². The number of aryl methyl sites for hydroxylation is 1. The Morgan fingerprint density at radius 1 is 1.03 bits per heavy atom. The van der Waals surface area contributed by atoms with E-state index in [0.29, 0.717) is 0 Å². The summed E-state index contributed by atoms with van der Waals surface area (Å²) in [6.45, 7) is 6.21. The SMILES string of the molecule is Cc1cc(N2CCN(C)CC2)nc2ccc(NC(=O)/C=C/c3ccccc3)cc12. The van der Waals surface area contributed by atoms with Crippen LogP contribution >= 0.6 is 0 Å². The van der Waals surface area contributed by atoms with Crippen molar-refractivity contribution in [2.75, 3.05) is 43.4 Å². The molecule has 0 saturated carbocycles. The molecule has 2 aromatic carbocycles. The molecule has 0 bridgehead atoms. The van der Waals surface area contributed by atoms with Crippen molar-refractivity contribution in [3.05, 3.63) is 71.8 Å². The summed E-state index contributed by atoms with van der Waals surface area (Å²) in [5.74, 6) is 0.888. The highest BCUT2D eigenvalue weighted by Gasteiger charge is 2.16. The van der Waals surface area contributed by atoms with Crippen molar-refractivity contribution >= 4 is 34.4 Å². The smallest absolute Gasteiger partial charge is 0.248 e. The molecule has 1 fully saturated rings. The second-order valence-electron chi connectivity index (χ2n) is 7.55. The number of hydrogen-bond acceptors (Lipinski definition) is 4. The van der Waals surface area contributed by atoms with Crippen molar-refractivity contribution in [3.8, 4) is 0 Å². The fourth-order valence-electron chi connectivity index (χ4n) is 3.57. The second-order valence-corrected chi connectivity index (χ2v) is 7.55. The predicted molar refractivity (Wildman–Crippen MR) is 120 cm³/mol. The maximum atomic E-state index is 12.3. The Bertz CT molecular complexity index is 1040. The fraction of sp³-hybridized carbons (Fsp3) is 0.250. The van der Waals surface area contributed by atoms with Crippen LogP contribution in [0.15, 0.2) is 60.7 Å². The quantitative estimate of drug-likeness (QED) is 0.690. The van der Waals surface area contributed by atoms with Gasteiger partial charge in [-0.1, -0.05) is 30.3 Å². The van der Waals surface area contributed by atoms with Crippen LogP contribution in [0.1, 0.15) is 11.1 Å². The van der Waals surface area contributed by atoms with Crippen LogP contribution in [0.2, 0.25) is 0 Å². The molecule has 0 spiro atoms. The van der Waals surface area contributed by atoms with Gasteiger partial charge in [-0.3, -0.25) is 4.79 Å². The third-order valence-corrected chi connectivity index (χ3v) is 5.32. The van der Waals surface area contributed by atoms with Crippen molar-refractivity contribution in [1.82, 2.24) is 9.88 Å². The molecule has 0 atom stereocenters. The number of nitrogens with one attached hydrogen (secondary N) is 1. The van der Waals surface area contributed by atoms with E-state index in [4.69, 9.17) is 4.98 Å². The van der Waals surface area contributed by atoms with E-state index >= 15 is 0 Å². The zero-order valence-corrected chi connectivity index (χ0v) is 16.9. The van der Waals surface area contributed by atoms with Gasteiger partial charge in [-0.2, -0.15) is 0 Å². The molecule has 1 aliphatic heterocycles. The van der Waals surface area contributed by atoms with Crippen LogP contribution in [0.3, 0.4) is 0 Å². The lowest BCUT2D eigenvalue weighted by atomic mass is 10.1. The van der Waals surface area contributed by atoms with Crippen LogP contribution in [0.5, 0.6) is 0 Å². The molecule has 0 unspecified atom stereocenters. The van der Waals surface area contributed by atoms with E-state index in [-0.39, 0.29) is 5.91 Å². The molecule has 0 aliphatic carbocycles. The van der Waals surface area contributed by atoms with Crippen molar-refractivity contribution in [2.24, 2.45) is 0 Å². The van der Waals surface area contributed by atoms with Crippen LogP contribution in [0.4, 0.5) is 11.5 Å². The van der Waals surface area contributed by atoms with Crippen LogP contribution < -0.4 is 10.2 Å². The highest BCUT2D eigenvalue weighted by Crippen LogP contribution is 2.26. The highest BCUT2D eigenvalue weighted by atomic mass is 16.1. The van der Waals surface area contributed by atoms with Gasteiger partial charge in [0.1, 0.15) is 5.82 Å². The molecule has 2 heterocycles. The molecular weight excluding hydrogens is 360 g/mol. The van der Waals surface area contributed by atoms with Gasteiger partial charge in [-0.15, -0.1) is 0 Å². The number of fused-ring (bicyclic) bond motifs is 1. The largest absolute Gasteiger partial charge is 0.354 e. The second kappa shape index (κ2) is 8.45. The van der Waals surface area contributed by atoms with E-state index in [2.05, 4.69) is 35.2 Å². The maximum Gasteiger partial charge on any atom is 0.248 e. The van der Waals surface area contributed by atoms with Gasteiger partial charge >= 0.3 is 0 Å². The van der Waals surface area contributed by atoms with Gasteiger partial charge in [0.15, 0.2) is 0 Å². The molecule has 1 saturated heterocycles. The number of rotatable bonds is 4. The Morgan fingerprint density at radius 3 is 2.55 bits per heavy atom. The van der Waals surface area contributed by atoms with Crippen LogP contribution in [0.25, 0.3) is 17.0 Å². The zero-order chi connectivity index (χ0) is 20.2. The molecular formula is C24H26N4O. The Kier molecular flexibility index (Phi) is 5.58. The number of carbonyl (C=O) groups excluding carboxylic acids is 1. The molecule has 1 amide bonds. The number of hydrogen-bond donors (Lipinski definition) is 1. The minimum Gasteiger partial charge on any atom is -0.354 e. The molecule has 4 rings (SSSR count). The van der Waals surface area contributed by atoms with E-state index in [9.17, 15) is 4.79 Å². The Morgan fingerprint density at radius 2 is 1.79 bits per heavy atom. The number of aromatic nitrogens is 1. The number of benzene rings is 2. The number of nitrogens with zero attached hydrogens (tertiary/aromatic N) is 3.